The molecule has 0 fully saturated rings. The van der Waals surface area contributed by atoms with E-state index in [0.717, 1.165) is 0 Å². The Kier molecular flexibility index (Phi) is 5.55. The van der Waals surface area contributed by atoms with Crippen molar-refractivity contribution in [2.75, 3.05) is 31.0 Å². The van der Waals surface area contributed by atoms with Crippen LogP contribution in [0.25, 0.3) is 0 Å². The second-order valence-corrected chi connectivity index (χ2v) is 7.11. The summed E-state index contributed by atoms with van der Waals surface area (Å²) in [5, 5.41) is 12.0. The molecule has 0 saturated carbocycles. The predicted octanol–water partition coefficient (Wildman–Crippen LogP) is 2.54. The number of aromatic carboxylic acids is 1. The lowest BCUT2D eigenvalue weighted by Gasteiger charge is -2.38. The first-order valence-electron chi connectivity index (χ1n) is 9.06. The second kappa shape index (κ2) is 7.94. The Morgan fingerprint density at radius 3 is 2.50 bits per heavy atom. The largest absolute Gasteiger partial charge is 0.497 e. The first-order valence-corrected chi connectivity index (χ1v) is 9.06. The number of ether oxygens (including phenoxy) is 3. The number of carboxylic acids is 1. The summed E-state index contributed by atoms with van der Waals surface area (Å²) in [7, 11) is 2.97. The molecule has 158 valence electrons. The monoisotopic (exact) mass is 414 g/mol. The van der Waals surface area contributed by atoms with Crippen LogP contribution in [0.5, 0.6) is 17.2 Å². The maximum absolute atomic E-state index is 12.9. The molecule has 0 spiro atoms. The van der Waals surface area contributed by atoms with Crippen molar-refractivity contribution in [1.29, 1.82) is 0 Å². The Bertz CT molecular complexity index is 1020. The zero-order chi connectivity index (χ0) is 22.1. The molecule has 2 aromatic rings. The van der Waals surface area contributed by atoms with E-state index in [1.54, 1.807) is 32.0 Å². The lowest BCUT2D eigenvalue weighted by molar-refractivity contribution is -0.133. The summed E-state index contributed by atoms with van der Waals surface area (Å²) in [6.45, 7) is 2.82. The van der Waals surface area contributed by atoms with Gasteiger partial charge >= 0.3 is 5.97 Å². The minimum absolute atomic E-state index is 0.0234. The molecule has 0 aromatic heterocycles. The van der Waals surface area contributed by atoms with Gasteiger partial charge in [-0.2, -0.15) is 0 Å². The molecule has 0 bridgehead atoms. The number of hydrogen-bond donors (Lipinski definition) is 2. The SMILES string of the molecule is COc1ccc(OC)c(NC(=O)CN2C(=O)C(C)(C)Oc3ccc(C(=O)O)cc32)c1. The van der Waals surface area contributed by atoms with Crippen LogP contribution in [0.1, 0.15) is 24.2 Å². The van der Waals surface area contributed by atoms with E-state index in [0.29, 0.717) is 22.9 Å². The van der Waals surface area contributed by atoms with Gasteiger partial charge in [0.1, 0.15) is 23.8 Å². The van der Waals surface area contributed by atoms with Gasteiger partial charge in [0, 0.05) is 6.07 Å². The van der Waals surface area contributed by atoms with Gasteiger partial charge in [-0.1, -0.05) is 0 Å². The quantitative estimate of drug-likeness (QED) is 0.746. The van der Waals surface area contributed by atoms with Crippen molar-refractivity contribution in [3.8, 4) is 17.2 Å². The number of hydrogen-bond acceptors (Lipinski definition) is 6. The lowest BCUT2D eigenvalue weighted by Crippen LogP contribution is -2.54. The van der Waals surface area contributed by atoms with E-state index in [4.69, 9.17) is 14.2 Å². The van der Waals surface area contributed by atoms with Gasteiger partial charge in [0.05, 0.1) is 31.2 Å². The summed E-state index contributed by atoms with van der Waals surface area (Å²) in [6.07, 6.45) is 0. The van der Waals surface area contributed by atoms with Crippen molar-refractivity contribution in [1.82, 2.24) is 0 Å². The zero-order valence-electron chi connectivity index (χ0n) is 17.0. The Hall–Kier alpha value is -3.75. The van der Waals surface area contributed by atoms with Crippen molar-refractivity contribution in [2.24, 2.45) is 0 Å². The van der Waals surface area contributed by atoms with Gasteiger partial charge in [0.15, 0.2) is 5.60 Å². The molecule has 1 heterocycles. The third kappa shape index (κ3) is 4.00. The third-order valence-corrected chi connectivity index (χ3v) is 4.60. The van der Waals surface area contributed by atoms with Crippen LogP contribution in [0.2, 0.25) is 0 Å². The standard InChI is InChI=1S/C21H22N2O7/c1-21(2)20(27)23(15-9-12(19(25)26)5-7-17(15)30-21)11-18(24)22-14-10-13(28-3)6-8-16(14)29-4/h5-10H,11H2,1-4H3,(H,22,24)(H,25,26). The molecule has 0 unspecified atom stereocenters. The molecule has 0 aliphatic carbocycles. The Labute approximate surface area is 173 Å². The second-order valence-electron chi connectivity index (χ2n) is 7.11. The summed E-state index contributed by atoms with van der Waals surface area (Å²) < 4.78 is 16.1. The van der Waals surface area contributed by atoms with Crippen LogP contribution in [-0.4, -0.2) is 49.3 Å². The van der Waals surface area contributed by atoms with Crippen molar-refractivity contribution in [3.05, 3.63) is 42.0 Å². The zero-order valence-corrected chi connectivity index (χ0v) is 17.0. The molecule has 1 aliphatic rings. The van der Waals surface area contributed by atoms with Crippen LogP contribution < -0.4 is 24.4 Å². The molecule has 30 heavy (non-hydrogen) atoms. The van der Waals surface area contributed by atoms with E-state index in [1.165, 1.54) is 37.3 Å². The highest BCUT2D eigenvalue weighted by atomic mass is 16.5. The summed E-state index contributed by atoms with van der Waals surface area (Å²) in [4.78, 5) is 38.3. The number of nitrogens with one attached hydrogen (secondary N) is 1. The van der Waals surface area contributed by atoms with E-state index in [9.17, 15) is 19.5 Å². The highest BCUT2D eigenvalue weighted by Gasteiger charge is 2.42. The topological polar surface area (TPSA) is 114 Å². The first kappa shape index (κ1) is 21.0. The van der Waals surface area contributed by atoms with Crippen LogP contribution in [0.4, 0.5) is 11.4 Å². The van der Waals surface area contributed by atoms with Crippen LogP contribution in [-0.2, 0) is 9.59 Å². The number of fused-ring (bicyclic) bond motifs is 1. The van der Waals surface area contributed by atoms with E-state index in [2.05, 4.69) is 5.32 Å². The summed E-state index contributed by atoms with van der Waals surface area (Å²) >= 11 is 0. The van der Waals surface area contributed by atoms with E-state index < -0.39 is 23.4 Å². The number of methoxy groups -OCH3 is 2. The molecule has 0 atom stereocenters. The molecule has 2 aromatic carbocycles. The normalized spacial score (nSPS) is 14.4. The maximum atomic E-state index is 12.9. The molecule has 9 nitrogen and oxygen atoms in total. The van der Waals surface area contributed by atoms with Gasteiger partial charge in [-0.3, -0.25) is 14.5 Å². The highest BCUT2D eigenvalue weighted by molar-refractivity contribution is 6.08. The lowest BCUT2D eigenvalue weighted by atomic mass is 10.0. The average molecular weight is 414 g/mol. The highest BCUT2D eigenvalue weighted by Crippen LogP contribution is 2.38. The molecule has 2 amide bonds. The maximum Gasteiger partial charge on any atom is 0.335 e. The molecule has 2 N–H and O–H groups in total. The fraction of sp³-hybridized carbons (Fsp3) is 0.286. The number of rotatable bonds is 6. The van der Waals surface area contributed by atoms with Crippen molar-refractivity contribution < 1.29 is 33.7 Å². The summed E-state index contributed by atoms with van der Waals surface area (Å²) in [6, 6.07) is 9.09. The molecular weight excluding hydrogens is 392 g/mol. The van der Waals surface area contributed by atoms with Gasteiger partial charge < -0.3 is 24.6 Å². The number of benzene rings is 2. The van der Waals surface area contributed by atoms with E-state index in [1.807, 2.05) is 0 Å². The molecule has 0 radical (unpaired) electrons. The Balaban J connectivity index is 1.92. The number of nitrogens with zero attached hydrogens (tertiary/aromatic N) is 1. The van der Waals surface area contributed by atoms with Crippen LogP contribution in [0.3, 0.4) is 0 Å². The number of carboxylic acid groups (broad SMARTS) is 1. The molecule has 9 heteroatoms. The minimum Gasteiger partial charge on any atom is -0.497 e. The number of carbonyl (C=O) groups is 3. The number of anilines is 2. The van der Waals surface area contributed by atoms with Gasteiger partial charge in [0.2, 0.25) is 5.91 Å². The predicted molar refractivity (Wildman–Crippen MR) is 109 cm³/mol. The fourth-order valence-corrected chi connectivity index (χ4v) is 3.10. The molecular formula is C21H22N2O7. The van der Waals surface area contributed by atoms with Gasteiger partial charge in [-0.05, 0) is 44.2 Å². The van der Waals surface area contributed by atoms with Gasteiger partial charge in [-0.25, -0.2) is 4.79 Å². The van der Waals surface area contributed by atoms with E-state index >= 15 is 0 Å². The van der Waals surface area contributed by atoms with Crippen molar-refractivity contribution in [3.63, 3.8) is 0 Å². The number of amides is 2. The fourth-order valence-electron chi connectivity index (χ4n) is 3.10. The molecule has 1 aliphatic heterocycles. The third-order valence-electron chi connectivity index (χ3n) is 4.60. The molecule has 3 rings (SSSR count). The smallest absolute Gasteiger partial charge is 0.335 e. The molecule has 0 saturated heterocycles. The van der Waals surface area contributed by atoms with Gasteiger partial charge in [0.25, 0.3) is 5.91 Å². The first-order chi connectivity index (χ1) is 14.2. The van der Waals surface area contributed by atoms with Crippen LogP contribution in [0.15, 0.2) is 36.4 Å². The summed E-state index contributed by atoms with van der Waals surface area (Å²) in [5.41, 5.74) is -0.649. The Morgan fingerprint density at radius 2 is 1.87 bits per heavy atom. The Morgan fingerprint density at radius 1 is 1.13 bits per heavy atom. The van der Waals surface area contributed by atoms with Gasteiger partial charge in [-0.15, -0.1) is 0 Å². The van der Waals surface area contributed by atoms with E-state index in [-0.39, 0.29) is 17.8 Å². The van der Waals surface area contributed by atoms with Crippen molar-refractivity contribution in [2.45, 2.75) is 19.4 Å². The summed E-state index contributed by atoms with van der Waals surface area (Å²) in [5.74, 6) is -0.862. The van der Waals surface area contributed by atoms with Crippen molar-refractivity contribution >= 4 is 29.2 Å². The number of carbonyl (C=O) groups excluding carboxylic acids is 2. The minimum atomic E-state index is -1.22. The average Bonchev–Trinajstić information content (AvgIpc) is 2.70. The van der Waals surface area contributed by atoms with Crippen LogP contribution in [0, 0.1) is 0 Å². The van der Waals surface area contributed by atoms with Crippen LogP contribution >= 0.6 is 0 Å².